The molecule has 0 fully saturated rings. The van der Waals surface area contributed by atoms with Crippen molar-refractivity contribution in [3.8, 4) is 0 Å². The van der Waals surface area contributed by atoms with Gasteiger partial charge in [0.1, 0.15) is 18.1 Å². The van der Waals surface area contributed by atoms with E-state index in [1.807, 2.05) is 6.92 Å². The van der Waals surface area contributed by atoms with E-state index in [4.69, 9.17) is 5.11 Å². The van der Waals surface area contributed by atoms with E-state index < -0.39 is 12.0 Å². The minimum atomic E-state index is -1.11. The molecule has 126 valence electrons. The first kappa shape index (κ1) is 20.3. The number of carboxylic acids is 1. The molecule has 1 amide bonds. The van der Waals surface area contributed by atoms with Gasteiger partial charge < -0.3 is 15.2 Å². The molecule has 0 aromatic rings. The molecule has 0 bridgehead atoms. The van der Waals surface area contributed by atoms with Crippen LogP contribution in [-0.2, 0) is 19.2 Å². The van der Waals surface area contributed by atoms with E-state index in [0.717, 1.165) is 32.0 Å². The van der Waals surface area contributed by atoms with Crippen molar-refractivity contribution in [2.75, 3.05) is 0 Å². The van der Waals surface area contributed by atoms with Gasteiger partial charge in [-0.05, 0) is 19.3 Å². The molecule has 6 nitrogen and oxygen atoms in total. The summed E-state index contributed by atoms with van der Waals surface area (Å²) in [6.45, 7) is 3.51. The summed E-state index contributed by atoms with van der Waals surface area (Å²) in [6, 6.07) is -0.996. The number of carboxylic acid groups (broad SMARTS) is 1. The van der Waals surface area contributed by atoms with Crippen LogP contribution in [0.3, 0.4) is 0 Å². The molecule has 0 aliphatic rings. The quantitative estimate of drug-likeness (QED) is 0.400. The van der Waals surface area contributed by atoms with Crippen molar-refractivity contribution in [1.82, 2.24) is 5.32 Å². The van der Waals surface area contributed by atoms with Crippen LogP contribution < -0.4 is 5.32 Å². The van der Waals surface area contributed by atoms with Gasteiger partial charge in [-0.3, -0.25) is 9.59 Å². The second-order valence-corrected chi connectivity index (χ2v) is 5.60. The molecular weight excluding hydrogens is 286 g/mol. The Bertz CT molecular complexity index is 381. The average molecular weight is 313 g/mol. The smallest absolute Gasteiger partial charge is 0.326 e. The maximum atomic E-state index is 11.7. The number of amides is 1. The van der Waals surface area contributed by atoms with Crippen molar-refractivity contribution in [2.45, 2.75) is 71.3 Å². The highest BCUT2D eigenvalue weighted by atomic mass is 16.4. The van der Waals surface area contributed by atoms with E-state index in [-0.39, 0.29) is 36.9 Å². The van der Waals surface area contributed by atoms with Crippen LogP contribution in [-0.4, -0.2) is 35.1 Å². The molecule has 22 heavy (non-hydrogen) atoms. The van der Waals surface area contributed by atoms with E-state index in [1.54, 1.807) is 6.92 Å². The standard InChI is InChI=1S/C16H27NO5/c1-3-15(20)17-14(16(21)22)10-9-13(19)8-6-4-5-7-12(2)11-18/h11-12,14H,3-10H2,1-2H3,(H,17,20)(H,21,22). The number of hydrogen-bond acceptors (Lipinski definition) is 4. The molecular formula is C16H27NO5. The summed E-state index contributed by atoms with van der Waals surface area (Å²) in [5.41, 5.74) is 0. The Balaban J connectivity index is 3.88. The van der Waals surface area contributed by atoms with Crippen molar-refractivity contribution >= 4 is 23.9 Å². The highest BCUT2D eigenvalue weighted by Gasteiger charge is 2.20. The Hall–Kier alpha value is -1.72. The molecule has 0 aromatic carbocycles. The van der Waals surface area contributed by atoms with E-state index in [2.05, 4.69) is 5.32 Å². The zero-order chi connectivity index (χ0) is 17.0. The van der Waals surface area contributed by atoms with Crippen LogP contribution in [0.15, 0.2) is 0 Å². The Morgan fingerprint density at radius 3 is 2.32 bits per heavy atom. The summed E-state index contributed by atoms with van der Waals surface area (Å²) in [5, 5.41) is 11.4. The molecule has 2 unspecified atom stereocenters. The molecule has 0 saturated heterocycles. The number of carbonyl (C=O) groups is 4. The first-order valence-corrected chi connectivity index (χ1v) is 7.89. The van der Waals surface area contributed by atoms with Crippen LogP contribution >= 0.6 is 0 Å². The molecule has 0 aliphatic heterocycles. The predicted octanol–water partition coefficient (Wildman–Crippen LogP) is 2.10. The fourth-order valence-electron chi connectivity index (χ4n) is 2.02. The Kier molecular flexibility index (Phi) is 11.0. The largest absolute Gasteiger partial charge is 0.480 e. The highest BCUT2D eigenvalue weighted by molar-refractivity contribution is 5.84. The van der Waals surface area contributed by atoms with E-state index in [0.29, 0.717) is 6.42 Å². The van der Waals surface area contributed by atoms with Crippen LogP contribution in [0.1, 0.15) is 65.2 Å². The number of nitrogens with one attached hydrogen (secondary N) is 1. The van der Waals surface area contributed by atoms with Gasteiger partial charge in [0.2, 0.25) is 5.91 Å². The lowest BCUT2D eigenvalue weighted by molar-refractivity contribution is -0.142. The third-order valence-electron chi connectivity index (χ3n) is 3.51. The predicted molar refractivity (Wildman–Crippen MR) is 82.4 cm³/mol. The molecule has 0 aromatic heterocycles. The zero-order valence-corrected chi connectivity index (χ0v) is 13.5. The number of unbranched alkanes of at least 4 members (excludes halogenated alkanes) is 2. The van der Waals surface area contributed by atoms with Crippen LogP contribution in [0, 0.1) is 5.92 Å². The average Bonchev–Trinajstić information content (AvgIpc) is 2.49. The number of aliphatic carboxylic acids is 1. The van der Waals surface area contributed by atoms with Crippen LogP contribution in [0.25, 0.3) is 0 Å². The van der Waals surface area contributed by atoms with Gasteiger partial charge in [0.25, 0.3) is 0 Å². The third-order valence-corrected chi connectivity index (χ3v) is 3.51. The zero-order valence-electron chi connectivity index (χ0n) is 13.5. The summed E-state index contributed by atoms with van der Waals surface area (Å²) in [4.78, 5) is 44.4. The SMILES string of the molecule is CCC(=O)NC(CCC(=O)CCCCCC(C)C=O)C(=O)O. The maximum Gasteiger partial charge on any atom is 0.326 e. The van der Waals surface area contributed by atoms with Crippen LogP contribution in [0.5, 0.6) is 0 Å². The van der Waals surface area contributed by atoms with E-state index in [1.165, 1.54) is 0 Å². The van der Waals surface area contributed by atoms with Gasteiger partial charge in [0.05, 0.1) is 0 Å². The number of hydrogen-bond donors (Lipinski definition) is 2. The van der Waals surface area contributed by atoms with Crippen molar-refractivity contribution in [3.05, 3.63) is 0 Å². The fourth-order valence-corrected chi connectivity index (χ4v) is 2.02. The molecule has 0 radical (unpaired) electrons. The van der Waals surface area contributed by atoms with Crippen LogP contribution in [0.4, 0.5) is 0 Å². The topological polar surface area (TPSA) is 101 Å². The Morgan fingerprint density at radius 1 is 1.09 bits per heavy atom. The second-order valence-electron chi connectivity index (χ2n) is 5.60. The number of aldehydes is 1. The fraction of sp³-hybridized carbons (Fsp3) is 0.750. The minimum absolute atomic E-state index is 0.0143. The highest BCUT2D eigenvalue weighted by Crippen LogP contribution is 2.10. The van der Waals surface area contributed by atoms with Gasteiger partial charge in [-0.2, -0.15) is 0 Å². The molecule has 0 rings (SSSR count). The summed E-state index contributed by atoms with van der Waals surface area (Å²) in [5.74, 6) is -1.36. The van der Waals surface area contributed by atoms with Gasteiger partial charge in [-0.15, -0.1) is 0 Å². The summed E-state index contributed by atoms with van der Waals surface area (Å²) >= 11 is 0. The van der Waals surface area contributed by atoms with Gasteiger partial charge in [0.15, 0.2) is 0 Å². The normalized spacial score (nSPS) is 13.2. The first-order chi connectivity index (χ1) is 10.4. The number of Topliss-reactive ketones (excluding diaryl/α,β-unsaturated/α-hetero) is 1. The minimum Gasteiger partial charge on any atom is -0.480 e. The lowest BCUT2D eigenvalue weighted by Crippen LogP contribution is -2.40. The van der Waals surface area contributed by atoms with Gasteiger partial charge >= 0.3 is 5.97 Å². The second kappa shape index (κ2) is 11.9. The molecule has 0 spiro atoms. The van der Waals surface area contributed by atoms with Crippen molar-refractivity contribution < 1.29 is 24.3 Å². The lowest BCUT2D eigenvalue weighted by atomic mass is 10.0. The van der Waals surface area contributed by atoms with Gasteiger partial charge in [-0.25, -0.2) is 4.79 Å². The first-order valence-electron chi connectivity index (χ1n) is 7.89. The summed E-state index contributed by atoms with van der Waals surface area (Å²) in [7, 11) is 0. The van der Waals surface area contributed by atoms with Crippen molar-refractivity contribution in [2.24, 2.45) is 5.92 Å². The molecule has 0 aliphatic carbocycles. The Labute approximate surface area is 131 Å². The summed E-state index contributed by atoms with van der Waals surface area (Å²) in [6.07, 6.45) is 5.25. The van der Waals surface area contributed by atoms with E-state index >= 15 is 0 Å². The van der Waals surface area contributed by atoms with Crippen LogP contribution in [0.2, 0.25) is 0 Å². The van der Waals surface area contributed by atoms with Crippen molar-refractivity contribution in [3.63, 3.8) is 0 Å². The molecule has 2 N–H and O–H groups in total. The number of ketones is 1. The lowest BCUT2D eigenvalue weighted by Gasteiger charge is -2.13. The van der Waals surface area contributed by atoms with E-state index in [9.17, 15) is 19.2 Å². The molecule has 0 saturated carbocycles. The molecule has 2 atom stereocenters. The Morgan fingerprint density at radius 2 is 1.77 bits per heavy atom. The molecule has 6 heteroatoms. The third kappa shape index (κ3) is 10.1. The summed E-state index contributed by atoms with van der Waals surface area (Å²) < 4.78 is 0. The number of carbonyl (C=O) groups excluding carboxylic acids is 3. The molecule has 0 heterocycles. The van der Waals surface area contributed by atoms with Gasteiger partial charge in [-0.1, -0.05) is 26.7 Å². The maximum absolute atomic E-state index is 11.7. The monoisotopic (exact) mass is 313 g/mol. The number of rotatable bonds is 13. The van der Waals surface area contributed by atoms with Gasteiger partial charge in [0, 0.05) is 25.2 Å². The van der Waals surface area contributed by atoms with Crippen molar-refractivity contribution in [1.29, 1.82) is 0 Å².